The second-order valence-corrected chi connectivity index (χ2v) is 13.0. The molecule has 1 aromatic rings. The molecular weight excluding hydrogens is 466 g/mol. The Morgan fingerprint density at radius 3 is 2.31 bits per heavy atom. The summed E-state index contributed by atoms with van der Waals surface area (Å²) in [4.78, 5) is 27.4. The van der Waals surface area contributed by atoms with E-state index in [1.807, 2.05) is 0 Å². The molecule has 4 bridgehead atoms. The zero-order valence-corrected chi connectivity index (χ0v) is 21.8. The second-order valence-electron chi connectivity index (χ2n) is 11.1. The van der Waals surface area contributed by atoms with Crippen LogP contribution in [-0.2, 0) is 19.6 Å². The normalized spacial score (nSPS) is 30.2. The van der Waals surface area contributed by atoms with Crippen molar-refractivity contribution in [2.75, 3.05) is 31.1 Å². The molecule has 35 heavy (non-hydrogen) atoms. The smallest absolute Gasteiger partial charge is 0.265 e. The Kier molecular flexibility index (Phi) is 6.36. The Hall–Kier alpha value is -2.13. The SMILES string of the molecule is CCN(CC)S(=O)(=O)c1ccc2c(c1)N(CC(=O)N[C@H](C)C13CC4CC(CC(C4)C1)C3)C(=O)CO2. The standard InChI is InChI=1S/C26H37N3O5S/c1-4-28(5-2)35(32,33)21-6-7-23-22(11-21)29(25(31)16-34-23)15-24(30)27-17(3)26-12-18-8-19(13-26)10-20(9-18)14-26/h6-7,11,17-20H,4-5,8-10,12-16H2,1-3H3,(H,27,30)/t17-,18?,19?,20?,26?/m1/s1. The van der Waals surface area contributed by atoms with E-state index in [0.29, 0.717) is 24.5 Å². The first-order valence-corrected chi connectivity index (χ1v) is 14.5. The Morgan fingerprint density at radius 1 is 1.14 bits per heavy atom. The Morgan fingerprint density at radius 2 is 1.74 bits per heavy atom. The van der Waals surface area contributed by atoms with E-state index in [9.17, 15) is 18.0 Å². The average molecular weight is 504 g/mol. The predicted molar refractivity (Wildman–Crippen MR) is 133 cm³/mol. The van der Waals surface area contributed by atoms with Crippen molar-refractivity contribution in [3.8, 4) is 5.75 Å². The molecule has 2 amide bonds. The number of nitrogens with one attached hydrogen (secondary N) is 1. The number of nitrogens with zero attached hydrogens (tertiary/aromatic N) is 2. The van der Waals surface area contributed by atoms with Crippen LogP contribution in [-0.4, -0.2) is 56.8 Å². The van der Waals surface area contributed by atoms with Gasteiger partial charge in [0.05, 0.1) is 10.6 Å². The molecule has 1 N–H and O–H groups in total. The number of hydrogen-bond acceptors (Lipinski definition) is 5. The van der Waals surface area contributed by atoms with Gasteiger partial charge in [-0.05, 0) is 86.8 Å². The largest absolute Gasteiger partial charge is 0.482 e. The van der Waals surface area contributed by atoms with E-state index in [1.165, 1.54) is 59.9 Å². The average Bonchev–Trinajstić information content (AvgIpc) is 2.80. The Labute approximate surface area is 208 Å². The molecule has 1 heterocycles. The fourth-order valence-electron chi connectivity index (χ4n) is 7.52. The summed E-state index contributed by atoms with van der Waals surface area (Å²) in [6.07, 6.45) is 7.60. The lowest BCUT2D eigenvalue weighted by Gasteiger charge is -2.59. The minimum Gasteiger partial charge on any atom is -0.482 e. The predicted octanol–water partition coefficient (Wildman–Crippen LogP) is 3.16. The fourth-order valence-corrected chi connectivity index (χ4v) is 9.00. The highest BCUT2D eigenvalue weighted by molar-refractivity contribution is 7.89. The molecule has 0 spiro atoms. The number of hydrogen-bond donors (Lipinski definition) is 1. The van der Waals surface area contributed by atoms with Crippen LogP contribution in [0.4, 0.5) is 5.69 Å². The summed E-state index contributed by atoms with van der Waals surface area (Å²) in [5, 5.41) is 3.22. The number of anilines is 1. The topological polar surface area (TPSA) is 96.0 Å². The first-order chi connectivity index (χ1) is 16.6. The lowest BCUT2D eigenvalue weighted by molar-refractivity contribution is -0.127. The third-order valence-corrected chi connectivity index (χ3v) is 10.9. The van der Waals surface area contributed by atoms with E-state index in [0.717, 1.165) is 17.8 Å². The summed E-state index contributed by atoms with van der Waals surface area (Å²) in [7, 11) is -3.71. The molecule has 8 nitrogen and oxygen atoms in total. The molecule has 1 aromatic carbocycles. The lowest BCUT2D eigenvalue weighted by atomic mass is 9.48. The lowest BCUT2D eigenvalue weighted by Crippen LogP contribution is -2.57. The molecular formula is C26H37N3O5S. The highest BCUT2D eigenvalue weighted by atomic mass is 32.2. The van der Waals surface area contributed by atoms with Gasteiger partial charge in [0.15, 0.2) is 6.61 Å². The summed E-state index contributed by atoms with van der Waals surface area (Å²) >= 11 is 0. The van der Waals surface area contributed by atoms with Crippen molar-refractivity contribution >= 4 is 27.5 Å². The van der Waals surface area contributed by atoms with Gasteiger partial charge in [0.1, 0.15) is 12.3 Å². The molecule has 0 unspecified atom stereocenters. The third kappa shape index (κ3) is 4.35. The van der Waals surface area contributed by atoms with Crippen molar-refractivity contribution in [2.45, 2.75) is 70.2 Å². The fraction of sp³-hybridized carbons (Fsp3) is 0.692. The van der Waals surface area contributed by atoms with Crippen LogP contribution < -0.4 is 15.0 Å². The summed E-state index contributed by atoms with van der Waals surface area (Å²) in [6, 6.07) is 4.57. The number of carbonyl (C=O) groups is 2. The highest BCUT2D eigenvalue weighted by Gasteiger charge is 2.53. The van der Waals surface area contributed by atoms with Gasteiger partial charge in [-0.3, -0.25) is 14.5 Å². The van der Waals surface area contributed by atoms with Gasteiger partial charge in [0, 0.05) is 19.1 Å². The van der Waals surface area contributed by atoms with Gasteiger partial charge in [0.25, 0.3) is 5.91 Å². The van der Waals surface area contributed by atoms with Gasteiger partial charge >= 0.3 is 0 Å². The minimum absolute atomic E-state index is 0.0494. The van der Waals surface area contributed by atoms with Crippen molar-refractivity contribution in [3.63, 3.8) is 0 Å². The maximum atomic E-state index is 13.2. The van der Waals surface area contributed by atoms with E-state index in [1.54, 1.807) is 19.9 Å². The summed E-state index contributed by atoms with van der Waals surface area (Å²) < 4.78 is 33.0. The number of ether oxygens (including phenoxy) is 1. The summed E-state index contributed by atoms with van der Waals surface area (Å²) in [5.41, 5.74) is 0.495. The van der Waals surface area contributed by atoms with Gasteiger partial charge < -0.3 is 10.1 Å². The summed E-state index contributed by atoms with van der Waals surface area (Å²) in [5.74, 6) is 2.21. The zero-order valence-electron chi connectivity index (χ0n) is 21.0. The van der Waals surface area contributed by atoms with Crippen molar-refractivity contribution < 1.29 is 22.7 Å². The highest BCUT2D eigenvalue weighted by Crippen LogP contribution is 2.61. The summed E-state index contributed by atoms with van der Waals surface area (Å²) in [6.45, 7) is 6.06. The molecule has 1 atom stereocenters. The van der Waals surface area contributed by atoms with Crippen molar-refractivity contribution in [1.82, 2.24) is 9.62 Å². The van der Waals surface area contributed by atoms with E-state index < -0.39 is 10.0 Å². The molecule has 0 saturated heterocycles. The number of sulfonamides is 1. The third-order valence-electron chi connectivity index (χ3n) is 8.90. The number of amides is 2. The molecule has 1 aliphatic heterocycles. The molecule has 0 aromatic heterocycles. The van der Waals surface area contributed by atoms with Gasteiger partial charge in [-0.2, -0.15) is 4.31 Å². The molecule has 4 fully saturated rings. The number of carbonyl (C=O) groups excluding carboxylic acids is 2. The van der Waals surface area contributed by atoms with Crippen LogP contribution in [0.2, 0.25) is 0 Å². The van der Waals surface area contributed by atoms with Crippen molar-refractivity contribution in [3.05, 3.63) is 18.2 Å². The van der Waals surface area contributed by atoms with Crippen LogP contribution >= 0.6 is 0 Å². The van der Waals surface area contributed by atoms with E-state index >= 15 is 0 Å². The molecule has 5 aliphatic rings. The Bertz CT molecular complexity index is 1080. The zero-order chi connectivity index (χ0) is 25.0. The van der Waals surface area contributed by atoms with Gasteiger partial charge in [-0.25, -0.2) is 8.42 Å². The molecule has 6 rings (SSSR count). The van der Waals surface area contributed by atoms with Crippen LogP contribution in [0.15, 0.2) is 23.1 Å². The monoisotopic (exact) mass is 503 g/mol. The molecule has 0 radical (unpaired) electrons. The van der Waals surface area contributed by atoms with Crippen LogP contribution in [0, 0.1) is 23.2 Å². The van der Waals surface area contributed by atoms with E-state index in [4.69, 9.17) is 4.74 Å². The first-order valence-electron chi connectivity index (χ1n) is 13.0. The van der Waals surface area contributed by atoms with Crippen molar-refractivity contribution in [1.29, 1.82) is 0 Å². The molecule has 9 heteroatoms. The van der Waals surface area contributed by atoms with Gasteiger partial charge in [0.2, 0.25) is 15.9 Å². The van der Waals surface area contributed by atoms with Gasteiger partial charge in [-0.1, -0.05) is 13.8 Å². The quantitative estimate of drug-likeness (QED) is 0.588. The number of fused-ring (bicyclic) bond motifs is 1. The van der Waals surface area contributed by atoms with Crippen LogP contribution in [0.3, 0.4) is 0 Å². The van der Waals surface area contributed by atoms with E-state index in [2.05, 4.69) is 12.2 Å². The number of benzene rings is 1. The minimum atomic E-state index is -3.71. The number of rotatable bonds is 8. The molecule has 192 valence electrons. The molecule has 4 saturated carbocycles. The first kappa shape index (κ1) is 24.6. The van der Waals surface area contributed by atoms with Gasteiger partial charge in [-0.15, -0.1) is 0 Å². The maximum absolute atomic E-state index is 13.2. The molecule has 4 aliphatic carbocycles. The maximum Gasteiger partial charge on any atom is 0.265 e. The van der Waals surface area contributed by atoms with Crippen molar-refractivity contribution in [2.24, 2.45) is 23.2 Å². The van der Waals surface area contributed by atoms with Crippen LogP contribution in [0.1, 0.15) is 59.3 Å². The Balaban J connectivity index is 1.33. The van der Waals surface area contributed by atoms with Crippen LogP contribution in [0.25, 0.3) is 0 Å². The van der Waals surface area contributed by atoms with Crippen LogP contribution in [0.5, 0.6) is 5.75 Å². The van der Waals surface area contributed by atoms with E-state index in [-0.39, 0.29) is 41.3 Å². The second kappa shape index (κ2) is 9.07.